The summed E-state index contributed by atoms with van der Waals surface area (Å²) < 4.78 is 0. The van der Waals surface area contributed by atoms with Crippen molar-refractivity contribution >= 4 is 22.7 Å². The van der Waals surface area contributed by atoms with Crippen LogP contribution in [0.4, 0.5) is 0 Å². The fourth-order valence-corrected chi connectivity index (χ4v) is 5.51. The molecule has 0 spiro atoms. The SMILES string of the molecule is CCCN1C[C@H](CSC)C[C@H]2c3cccc4[nH]cc(c34)C[C@@H]21. The smallest absolute Gasteiger partial charge is 0.0459 e. The van der Waals surface area contributed by atoms with E-state index in [1.807, 2.05) is 11.8 Å². The van der Waals surface area contributed by atoms with E-state index in [1.165, 1.54) is 54.6 Å². The lowest BCUT2D eigenvalue weighted by molar-refractivity contribution is 0.0926. The second-order valence-electron chi connectivity index (χ2n) is 7.01. The van der Waals surface area contributed by atoms with Crippen molar-refractivity contribution in [3.8, 4) is 0 Å². The van der Waals surface area contributed by atoms with Crippen molar-refractivity contribution in [2.75, 3.05) is 25.1 Å². The number of thioether (sulfide) groups is 1. The summed E-state index contributed by atoms with van der Waals surface area (Å²) in [5.41, 5.74) is 4.48. The molecule has 2 nitrogen and oxygen atoms in total. The van der Waals surface area contributed by atoms with Gasteiger partial charge in [-0.3, -0.25) is 4.90 Å². The molecule has 0 amide bonds. The first-order valence-corrected chi connectivity index (χ1v) is 10.0. The third kappa shape index (κ3) is 2.30. The maximum atomic E-state index is 3.49. The first-order chi connectivity index (χ1) is 10.8. The molecule has 1 aliphatic heterocycles. The van der Waals surface area contributed by atoms with Crippen molar-refractivity contribution in [3.63, 3.8) is 0 Å². The molecule has 22 heavy (non-hydrogen) atoms. The van der Waals surface area contributed by atoms with Crippen LogP contribution in [0, 0.1) is 5.92 Å². The number of hydrogen-bond acceptors (Lipinski definition) is 2. The van der Waals surface area contributed by atoms with Gasteiger partial charge in [0.15, 0.2) is 0 Å². The summed E-state index contributed by atoms with van der Waals surface area (Å²) in [6, 6.07) is 7.58. The third-order valence-electron chi connectivity index (χ3n) is 5.57. The highest BCUT2D eigenvalue weighted by Crippen LogP contribution is 2.45. The molecule has 2 aromatic rings. The van der Waals surface area contributed by atoms with E-state index in [2.05, 4.69) is 47.5 Å². The van der Waals surface area contributed by atoms with Crippen molar-refractivity contribution in [1.29, 1.82) is 0 Å². The van der Waals surface area contributed by atoms with Crippen LogP contribution in [0.15, 0.2) is 24.4 Å². The van der Waals surface area contributed by atoms with Gasteiger partial charge < -0.3 is 4.98 Å². The average Bonchev–Trinajstić information content (AvgIpc) is 2.94. The van der Waals surface area contributed by atoms with Crippen LogP contribution in [-0.4, -0.2) is 41.0 Å². The number of benzene rings is 1. The van der Waals surface area contributed by atoms with Crippen LogP contribution in [0.1, 0.15) is 36.8 Å². The Kier molecular flexibility index (Phi) is 3.95. The molecular weight excluding hydrogens is 288 g/mol. The molecule has 1 aliphatic carbocycles. The standard InChI is InChI=1S/C19H26N2S/c1-3-7-21-11-13(12-22-2)8-16-15-5-4-6-17-19(15)14(10-20-17)9-18(16)21/h4-6,10,13,16,18,20H,3,7-9,11-12H2,1-2H3/t13-,16+,18+/m1/s1. The largest absolute Gasteiger partial charge is 0.361 e. The Morgan fingerprint density at radius 1 is 1.36 bits per heavy atom. The van der Waals surface area contributed by atoms with Gasteiger partial charge in [-0.1, -0.05) is 19.1 Å². The van der Waals surface area contributed by atoms with Crippen molar-refractivity contribution in [2.45, 2.75) is 38.1 Å². The zero-order chi connectivity index (χ0) is 15.1. The van der Waals surface area contributed by atoms with Crippen LogP contribution in [-0.2, 0) is 6.42 Å². The van der Waals surface area contributed by atoms with Crippen LogP contribution in [0.25, 0.3) is 10.9 Å². The molecule has 0 unspecified atom stereocenters. The summed E-state index contributed by atoms with van der Waals surface area (Å²) in [5.74, 6) is 2.88. The van der Waals surface area contributed by atoms with Crippen molar-refractivity contribution in [1.82, 2.24) is 9.88 Å². The average molecular weight is 314 g/mol. The van der Waals surface area contributed by atoms with Gasteiger partial charge in [-0.15, -0.1) is 0 Å². The second-order valence-corrected chi connectivity index (χ2v) is 7.92. The van der Waals surface area contributed by atoms with Gasteiger partial charge in [0, 0.05) is 35.6 Å². The highest BCUT2D eigenvalue weighted by molar-refractivity contribution is 7.98. The normalized spacial score (nSPS) is 28.0. The van der Waals surface area contributed by atoms with Gasteiger partial charge in [0.2, 0.25) is 0 Å². The maximum Gasteiger partial charge on any atom is 0.0459 e. The van der Waals surface area contributed by atoms with Crippen LogP contribution in [0.3, 0.4) is 0 Å². The van der Waals surface area contributed by atoms with Gasteiger partial charge in [-0.05, 0) is 60.9 Å². The van der Waals surface area contributed by atoms with Crippen LogP contribution in [0.5, 0.6) is 0 Å². The summed E-state index contributed by atoms with van der Waals surface area (Å²) >= 11 is 2.01. The number of hydrogen-bond donors (Lipinski definition) is 1. The van der Waals surface area contributed by atoms with E-state index < -0.39 is 0 Å². The van der Waals surface area contributed by atoms with Gasteiger partial charge >= 0.3 is 0 Å². The Morgan fingerprint density at radius 3 is 3.09 bits per heavy atom. The molecule has 1 aromatic carbocycles. The molecule has 0 saturated carbocycles. The Morgan fingerprint density at radius 2 is 2.27 bits per heavy atom. The Bertz CT molecular complexity index is 662. The molecule has 1 fully saturated rings. The molecule has 1 N–H and O–H groups in total. The molecular formula is C19H26N2S. The van der Waals surface area contributed by atoms with Crippen molar-refractivity contribution < 1.29 is 0 Å². The van der Waals surface area contributed by atoms with E-state index in [-0.39, 0.29) is 0 Å². The topological polar surface area (TPSA) is 19.0 Å². The number of likely N-dealkylation sites (tertiary alicyclic amines) is 1. The molecule has 2 heterocycles. The Labute approximate surface area is 137 Å². The molecule has 3 heteroatoms. The number of rotatable bonds is 4. The highest BCUT2D eigenvalue weighted by atomic mass is 32.2. The van der Waals surface area contributed by atoms with Gasteiger partial charge in [0.1, 0.15) is 0 Å². The fourth-order valence-electron chi connectivity index (χ4n) is 4.80. The summed E-state index contributed by atoms with van der Waals surface area (Å²) in [6.45, 7) is 4.87. The summed E-state index contributed by atoms with van der Waals surface area (Å²) in [6.07, 6.45) is 8.37. The molecule has 1 aromatic heterocycles. The van der Waals surface area contributed by atoms with Crippen molar-refractivity contribution in [2.24, 2.45) is 5.92 Å². The van der Waals surface area contributed by atoms with E-state index in [4.69, 9.17) is 0 Å². The zero-order valence-electron chi connectivity index (χ0n) is 13.6. The number of aromatic nitrogens is 1. The van der Waals surface area contributed by atoms with E-state index >= 15 is 0 Å². The monoisotopic (exact) mass is 314 g/mol. The molecule has 4 rings (SSSR count). The predicted octanol–water partition coefficient (Wildman–Crippen LogP) is 4.27. The van der Waals surface area contributed by atoms with Gasteiger partial charge in [-0.2, -0.15) is 11.8 Å². The lowest BCUT2D eigenvalue weighted by atomic mass is 9.72. The Hall–Kier alpha value is -0.930. The Balaban J connectivity index is 1.75. The van der Waals surface area contributed by atoms with E-state index in [0.29, 0.717) is 6.04 Å². The quantitative estimate of drug-likeness (QED) is 0.909. The minimum atomic E-state index is 0.715. The molecule has 118 valence electrons. The molecule has 3 atom stereocenters. The number of nitrogens with one attached hydrogen (secondary N) is 1. The van der Waals surface area contributed by atoms with Crippen LogP contribution < -0.4 is 0 Å². The molecule has 0 bridgehead atoms. The number of piperidine rings is 1. The zero-order valence-corrected chi connectivity index (χ0v) is 14.5. The minimum Gasteiger partial charge on any atom is -0.361 e. The first-order valence-electron chi connectivity index (χ1n) is 8.63. The molecule has 2 aliphatic rings. The number of aromatic amines is 1. The fraction of sp³-hybridized carbons (Fsp3) is 0.579. The molecule has 0 radical (unpaired) electrons. The van der Waals surface area contributed by atoms with Crippen LogP contribution in [0.2, 0.25) is 0 Å². The summed E-state index contributed by atoms with van der Waals surface area (Å²) in [5, 5.41) is 1.53. The lowest BCUT2D eigenvalue weighted by Gasteiger charge is -2.47. The minimum absolute atomic E-state index is 0.715. The predicted molar refractivity (Wildman–Crippen MR) is 96.9 cm³/mol. The second kappa shape index (κ2) is 5.93. The number of nitrogens with zero attached hydrogens (tertiary/aromatic N) is 1. The summed E-state index contributed by atoms with van der Waals surface area (Å²) in [7, 11) is 0. The number of fused-ring (bicyclic) bond motifs is 2. The highest BCUT2D eigenvalue weighted by Gasteiger charge is 2.40. The maximum absolute atomic E-state index is 3.49. The first kappa shape index (κ1) is 14.6. The third-order valence-corrected chi connectivity index (χ3v) is 6.38. The summed E-state index contributed by atoms with van der Waals surface area (Å²) in [4.78, 5) is 6.29. The molecule has 1 saturated heterocycles. The van der Waals surface area contributed by atoms with E-state index in [1.54, 1.807) is 5.56 Å². The lowest BCUT2D eigenvalue weighted by Crippen LogP contribution is -2.50. The van der Waals surface area contributed by atoms with Crippen LogP contribution >= 0.6 is 11.8 Å². The van der Waals surface area contributed by atoms with Gasteiger partial charge in [-0.25, -0.2) is 0 Å². The van der Waals surface area contributed by atoms with Crippen molar-refractivity contribution in [3.05, 3.63) is 35.5 Å². The van der Waals surface area contributed by atoms with Gasteiger partial charge in [0.25, 0.3) is 0 Å². The van der Waals surface area contributed by atoms with Gasteiger partial charge in [0.05, 0.1) is 0 Å². The van der Waals surface area contributed by atoms with E-state index in [0.717, 1.165) is 11.8 Å². The van der Waals surface area contributed by atoms with E-state index in [9.17, 15) is 0 Å². The number of H-pyrrole nitrogens is 1.